The molecule has 0 aromatic heterocycles. The van der Waals surface area contributed by atoms with Crippen molar-refractivity contribution < 1.29 is 4.79 Å². The summed E-state index contributed by atoms with van der Waals surface area (Å²) >= 11 is 1.80. The molecule has 0 spiro atoms. The highest BCUT2D eigenvalue weighted by Crippen LogP contribution is 2.10. The zero-order chi connectivity index (χ0) is 12.8. The van der Waals surface area contributed by atoms with Crippen LogP contribution in [0.1, 0.15) is 21.5 Å². The molecule has 2 nitrogen and oxygen atoms in total. The molecule has 17 heavy (non-hydrogen) atoms. The number of benzene rings is 1. The van der Waals surface area contributed by atoms with E-state index in [0.717, 1.165) is 17.9 Å². The van der Waals surface area contributed by atoms with Gasteiger partial charge in [-0.3, -0.25) is 9.69 Å². The Bertz CT molecular complexity index is 390. The van der Waals surface area contributed by atoms with E-state index in [9.17, 15) is 4.79 Å². The Balaban J connectivity index is 2.60. The summed E-state index contributed by atoms with van der Waals surface area (Å²) in [5.74, 6) is 1.27. The second-order valence-corrected chi connectivity index (χ2v) is 5.44. The molecule has 0 fully saturated rings. The molecule has 0 N–H and O–H groups in total. The first-order valence-corrected chi connectivity index (χ1v) is 7.22. The summed E-state index contributed by atoms with van der Waals surface area (Å²) in [6, 6.07) is 5.93. The number of hydrogen-bond acceptors (Lipinski definition) is 3. The van der Waals surface area contributed by atoms with Crippen molar-refractivity contribution in [2.24, 2.45) is 0 Å². The third-order valence-electron chi connectivity index (χ3n) is 2.92. The van der Waals surface area contributed by atoms with Crippen molar-refractivity contribution in [1.29, 1.82) is 0 Å². The zero-order valence-corrected chi connectivity index (χ0v) is 11.9. The second-order valence-electron chi connectivity index (χ2n) is 4.45. The fourth-order valence-corrected chi connectivity index (χ4v) is 2.07. The standard InChI is InChI=1S/C14H21NOS/c1-11-5-6-13(9-12(11)2)14(16)10-15(3)7-8-17-4/h5-6,9H,7-8,10H2,1-4H3. The number of carbonyl (C=O) groups is 1. The maximum absolute atomic E-state index is 12.0. The average molecular weight is 251 g/mol. The summed E-state index contributed by atoms with van der Waals surface area (Å²) in [6.07, 6.45) is 2.08. The molecule has 0 aliphatic carbocycles. The van der Waals surface area contributed by atoms with Crippen molar-refractivity contribution >= 4 is 17.5 Å². The minimum absolute atomic E-state index is 0.205. The SMILES string of the molecule is CSCCN(C)CC(=O)c1ccc(C)c(C)c1. The molecular formula is C14H21NOS. The van der Waals surface area contributed by atoms with Crippen LogP contribution in [0, 0.1) is 13.8 Å². The Morgan fingerprint density at radius 1 is 1.29 bits per heavy atom. The Labute approximate surface area is 108 Å². The highest BCUT2D eigenvalue weighted by atomic mass is 32.2. The van der Waals surface area contributed by atoms with Gasteiger partial charge in [0.1, 0.15) is 0 Å². The van der Waals surface area contributed by atoms with Gasteiger partial charge in [-0.25, -0.2) is 0 Å². The fourth-order valence-electron chi connectivity index (χ4n) is 1.58. The Morgan fingerprint density at radius 2 is 2.00 bits per heavy atom. The lowest BCUT2D eigenvalue weighted by molar-refractivity contribution is 0.0949. The summed E-state index contributed by atoms with van der Waals surface area (Å²) in [5.41, 5.74) is 3.24. The molecule has 0 saturated carbocycles. The van der Waals surface area contributed by atoms with Crippen LogP contribution in [-0.2, 0) is 0 Å². The fraction of sp³-hybridized carbons (Fsp3) is 0.500. The number of ketones is 1. The van der Waals surface area contributed by atoms with Crippen LogP contribution in [0.5, 0.6) is 0 Å². The molecule has 0 amide bonds. The van der Waals surface area contributed by atoms with Gasteiger partial charge in [-0.15, -0.1) is 0 Å². The van der Waals surface area contributed by atoms with Crippen LogP contribution >= 0.6 is 11.8 Å². The highest BCUT2D eigenvalue weighted by molar-refractivity contribution is 7.98. The van der Waals surface area contributed by atoms with Gasteiger partial charge in [0.2, 0.25) is 0 Å². The van der Waals surface area contributed by atoms with Crippen molar-refractivity contribution in [3.8, 4) is 0 Å². The maximum Gasteiger partial charge on any atom is 0.176 e. The van der Waals surface area contributed by atoms with Crippen molar-refractivity contribution in [1.82, 2.24) is 4.90 Å². The predicted octanol–water partition coefficient (Wildman–Crippen LogP) is 2.78. The van der Waals surface area contributed by atoms with Gasteiger partial charge in [-0.05, 0) is 44.3 Å². The Morgan fingerprint density at radius 3 is 2.59 bits per heavy atom. The van der Waals surface area contributed by atoms with E-state index in [4.69, 9.17) is 0 Å². The lowest BCUT2D eigenvalue weighted by atomic mass is 10.0. The second kappa shape index (κ2) is 6.82. The highest BCUT2D eigenvalue weighted by Gasteiger charge is 2.09. The van der Waals surface area contributed by atoms with E-state index < -0.39 is 0 Å². The number of aryl methyl sites for hydroxylation is 2. The number of thioether (sulfide) groups is 1. The molecule has 0 aliphatic heterocycles. The third kappa shape index (κ3) is 4.52. The number of likely N-dealkylation sites (N-methyl/N-ethyl adjacent to an activating group) is 1. The summed E-state index contributed by atoms with van der Waals surface area (Å²) < 4.78 is 0. The van der Waals surface area contributed by atoms with E-state index in [2.05, 4.69) is 18.1 Å². The number of hydrogen-bond donors (Lipinski definition) is 0. The average Bonchev–Trinajstić information content (AvgIpc) is 2.30. The van der Waals surface area contributed by atoms with Crippen molar-refractivity contribution in [3.05, 3.63) is 34.9 Å². The van der Waals surface area contributed by atoms with Gasteiger partial charge < -0.3 is 0 Å². The smallest absolute Gasteiger partial charge is 0.176 e. The zero-order valence-electron chi connectivity index (χ0n) is 11.1. The first-order valence-electron chi connectivity index (χ1n) is 5.82. The summed E-state index contributed by atoms with van der Waals surface area (Å²) in [4.78, 5) is 14.1. The monoisotopic (exact) mass is 251 g/mol. The van der Waals surface area contributed by atoms with Gasteiger partial charge >= 0.3 is 0 Å². The Kier molecular flexibility index (Phi) is 5.72. The number of Topliss-reactive ketones (excluding diaryl/α,β-unsaturated/α-hetero) is 1. The topological polar surface area (TPSA) is 20.3 Å². The summed E-state index contributed by atoms with van der Waals surface area (Å²) in [6.45, 7) is 5.57. The summed E-state index contributed by atoms with van der Waals surface area (Å²) in [7, 11) is 2.00. The molecule has 0 aliphatic rings. The molecule has 1 aromatic rings. The van der Waals surface area contributed by atoms with Crippen LogP contribution in [-0.4, -0.2) is 42.8 Å². The molecule has 3 heteroatoms. The van der Waals surface area contributed by atoms with Crippen molar-refractivity contribution in [2.75, 3.05) is 32.1 Å². The lowest BCUT2D eigenvalue weighted by Gasteiger charge is -2.15. The van der Waals surface area contributed by atoms with Gasteiger partial charge in [-0.2, -0.15) is 11.8 Å². The largest absolute Gasteiger partial charge is 0.298 e. The van der Waals surface area contributed by atoms with Crippen LogP contribution in [0.4, 0.5) is 0 Å². The quantitative estimate of drug-likeness (QED) is 0.725. The molecular weight excluding hydrogens is 230 g/mol. The number of nitrogens with zero attached hydrogens (tertiary/aromatic N) is 1. The van der Waals surface area contributed by atoms with Crippen molar-refractivity contribution in [3.63, 3.8) is 0 Å². The minimum atomic E-state index is 0.205. The van der Waals surface area contributed by atoms with E-state index in [-0.39, 0.29) is 5.78 Å². The summed E-state index contributed by atoms with van der Waals surface area (Å²) in [5, 5.41) is 0. The molecule has 0 radical (unpaired) electrons. The van der Waals surface area contributed by atoms with Gasteiger partial charge in [0, 0.05) is 17.9 Å². The van der Waals surface area contributed by atoms with Gasteiger partial charge in [0.25, 0.3) is 0 Å². The molecule has 0 atom stereocenters. The number of carbonyl (C=O) groups excluding carboxylic acids is 1. The van der Waals surface area contributed by atoms with E-state index in [1.54, 1.807) is 11.8 Å². The molecule has 1 rings (SSSR count). The lowest BCUT2D eigenvalue weighted by Crippen LogP contribution is -2.28. The molecule has 0 unspecified atom stereocenters. The van der Waals surface area contributed by atoms with Crippen LogP contribution in [0.15, 0.2) is 18.2 Å². The molecule has 94 valence electrons. The van der Waals surface area contributed by atoms with Crippen LogP contribution in [0.2, 0.25) is 0 Å². The maximum atomic E-state index is 12.0. The minimum Gasteiger partial charge on any atom is -0.298 e. The van der Waals surface area contributed by atoms with Crippen LogP contribution in [0.25, 0.3) is 0 Å². The van der Waals surface area contributed by atoms with E-state index in [1.807, 2.05) is 32.2 Å². The molecule has 1 aromatic carbocycles. The molecule has 0 heterocycles. The van der Waals surface area contributed by atoms with Gasteiger partial charge in [0.05, 0.1) is 6.54 Å². The van der Waals surface area contributed by atoms with Gasteiger partial charge in [0.15, 0.2) is 5.78 Å². The van der Waals surface area contributed by atoms with E-state index in [1.165, 1.54) is 11.1 Å². The molecule has 0 saturated heterocycles. The first kappa shape index (κ1) is 14.3. The van der Waals surface area contributed by atoms with Gasteiger partial charge in [-0.1, -0.05) is 12.1 Å². The van der Waals surface area contributed by atoms with Crippen LogP contribution < -0.4 is 0 Å². The third-order valence-corrected chi connectivity index (χ3v) is 3.51. The number of rotatable bonds is 6. The van der Waals surface area contributed by atoms with Crippen molar-refractivity contribution in [2.45, 2.75) is 13.8 Å². The predicted molar refractivity (Wildman–Crippen MR) is 76.1 cm³/mol. The van der Waals surface area contributed by atoms with Crippen LogP contribution in [0.3, 0.4) is 0 Å². The first-order chi connectivity index (χ1) is 8.04. The normalized spacial score (nSPS) is 10.9. The van der Waals surface area contributed by atoms with E-state index >= 15 is 0 Å². The van der Waals surface area contributed by atoms with E-state index in [0.29, 0.717) is 6.54 Å². The Hall–Kier alpha value is -0.800. The molecule has 0 bridgehead atoms.